The smallest absolute Gasteiger partial charge is 0.272 e. The third kappa shape index (κ3) is 3.20. The normalized spacial score (nSPS) is 18.6. The molecular formula is C25H27N7O. The fraction of sp³-hybridized carbons (Fsp3) is 0.360. The number of anilines is 2. The molecule has 1 saturated carbocycles. The molecular weight excluding hydrogens is 414 g/mol. The van der Waals surface area contributed by atoms with Crippen molar-refractivity contribution in [1.82, 2.24) is 24.8 Å². The minimum atomic E-state index is -0.0236. The molecule has 33 heavy (non-hydrogen) atoms. The largest absolute Gasteiger partial charge is 0.383 e. The summed E-state index contributed by atoms with van der Waals surface area (Å²) in [5.41, 5.74) is 10.5. The van der Waals surface area contributed by atoms with Crippen LogP contribution in [-0.4, -0.2) is 43.8 Å². The van der Waals surface area contributed by atoms with E-state index in [1.807, 2.05) is 42.2 Å². The molecule has 2 N–H and O–H groups in total. The monoisotopic (exact) mass is 441 g/mol. The number of aromatic nitrogens is 4. The van der Waals surface area contributed by atoms with Crippen molar-refractivity contribution in [2.24, 2.45) is 13.0 Å². The average Bonchev–Trinajstić information content (AvgIpc) is 3.47. The average molecular weight is 442 g/mol. The van der Waals surface area contributed by atoms with E-state index in [1.54, 1.807) is 10.9 Å². The molecule has 168 valence electrons. The van der Waals surface area contributed by atoms with Crippen molar-refractivity contribution in [2.75, 3.05) is 23.8 Å². The highest BCUT2D eigenvalue weighted by molar-refractivity contribution is 6.10. The van der Waals surface area contributed by atoms with Crippen LogP contribution < -0.4 is 10.7 Å². The van der Waals surface area contributed by atoms with E-state index in [0.717, 1.165) is 45.4 Å². The number of aryl methyl sites for hydroxylation is 2. The second kappa shape index (κ2) is 7.16. The van der Waals surface area contributed by atoms with Crippen molar-refractivity contribution < 1.29 is 4.79 Å². The number of hydrogen-bond donors (Lipinski definition) is 1. The van der Waals surface area contributed by atoms with Crippen molar-refractivity contribution in [1.29, 1.82) is 0 Å². The van der Waals surface area contributed by atoms with E-state index in [1.165, 1.54) is 12.8 Å². The van der Waals surface area contributed by atoms with E-state index < -0.39 is 0 Å². The van der Waals surface area contributed by atoms with Crippen molar-refractivity contribution in [3.8, 4) is 0 Å². The first-order chi connectivity index (χ1) is 15.9. The third-order valence-electron chi connectivity index (χ3n) is 6.79. The topological polar surface area (TPSA) is 93.2 Å². The van der Waals surface area contributed by atoms with Crippen LogP contribution in [-0.2, 0) is 7.05 Å². The van der Waals surface area contributed by atoms with E-state index in [2.05, 4.69) is 29.1 Å². The number of carbonyl (C=O) groups excluding carboxylic acids is 1. The molecule has 1 amide bonds. The zero-order chi connectivity index (χ0) is 22.9. The Balaban J connectivity index is 1.44. The lowest BCUT2D eigenvalue weighted by Gasteiger charge is -2.29. The summed E-state index contributed by atoms with van der Waals surface area (Å²) >= 11 is 0. The number of nitrogen functional groups attached to an aromatic ring is 1. The minimum Gasteiger partial charge on any atom is -0.383 e. The Kier molecular flexibility index (Phi) is 4.33. The van der Waals surface area contributed by atoms with Crippen molar-refractivity contribution in [3.05, 3.63) is 53.3 Å². The predicted octanol–water partition coefficient (Wildman–Crippen LogP) is 3.80. The molecule has 1 aliphatic carbocycles. The Morgan fingerprint density at radius 3 is 2.73 bits per heavy atom. The summed E-state index contributed by atoms with van der Waals surface area (Å²) in [6.45, 7) is 5.55. The molecule has 2 fully saturated rings. The van der Waals surface area contributed by atoms with Gasteiger partial charge in [0.25, 0.3) is 5.91 Å². The number of carbonyl (C=O) groups is 1. The van der Waals surface area contributed by atoms with Gasteiger partial charge >= 0.3 is 0 Å². The van der Waals surface area contributed by atoms with Crippen LogP contribution in [0.1, 0.15) is 47.3 Å². The first-order valence-electron chi connectivity index (χ1n) is 11.5. The highest BCUT2D eigenvalue weighted by Gasteiger charge is 2.34. The van der Waals surface area contributed by atoms with Gasteiger partial charge in [-0.05, 0) is 55.5 Å². The first-order valence-corrected chi connectivity index (χ1v) is 11.5. The van der Waals surface area contributed by atoms with Gasteiger partial charge in [-0.3, -0.25) is 14.5 Å². The molecule has 8 heteroatoms. The van der Waals surface area contributed by atoms with E-state index in [-0.39, 0.29) is 5.91 Å². The molecule has 1 aliphatic heterocycles. The van der Waals surface area contributed by atoms with Gasteiger partial charge < -0.3 is 5.73 Å². The number of rotatable bonds is 3. The fourth-order valence-corrected chi connectivity index (χ4v) is 4.92. The maximum atomic E-state index is 13.9. The van der Waals surface area contributed by atoms with Gasteiger partial charge in [0.05, 0.1) is 22.6 Å². The van der Waals surface area contributed by atoms with E-state index in [9.17, 15) is 4.79 Å². The van der Waals surface area contributed by atoms with Gasteiger partial charge in [0.2, 0.25) is 0 Å². The van der Waals surface area contributed by atoms with Gasteiger partial charge in [0.15, 0.2) is 0 Å². The van der Waals surface area contributed by atoms with Gasteiger partial charge in [-0.2, -0.15) is 5.10 Å². The number of nitrogens with two attached hydrogens (primary N) is 1. The van der Waals surface area contributed by atoms with Gasteiger partial charge in [-0.15, -0.1) is 0 Å². The molecule has 0 spiro atoms. The lowest BCUT2D eigenvalue weighted by molar-refractivity contribution is 0.0769. The SMILES string of the molecule is Cc1cc2nc(N)c3cnn(C)c3c2cc1C(=O)N1CC(C)CN1c1cccc(C2CC2)n1. The van der Waals surface area contributed by atoms with Crippen molar-refractivity contribution in [3.63, 3.8) is 0 Å². The zero-order valence-corrected chi connectivity index (χ0v) is 19.1. The van der Waals surface area contributed by atoms with E-state index >= 15 is 0 Å². The molecule has 2 aliphatic rings. The number of hydrogen-bond acceptors (Lipinski definition) is 6. The lowest BCUT2D eigenvalue weighted by Crippen LogP contribution is -2.42. The molecule has 4 aromatic rings. The summed E-state index contributed by atoms with van der Waals surface area (Å²) in [7, 11) is 1.88. The molecule has 6 rings (SSSR count). The van der Waals surface area contributed by atoms with Gasteiger partial charge in [0.1, 0.15) is 11.6 Å². The number of nitrogens with zero attached hydrogens (tertiary/aromatic N) is 6. The fourth-order valence-electron chi connectivity index (χ4n) is 4.92. The molecule has 4 heterocycles. The minimum absolute atomic E-state index is 0.0236. The Bertz CT molecular complexity index is 1420. The summed E-state index contributed by atoms with van der Waals surface area (Å²) in [5.74, 6) is 2.19. The van der Waals surface area contributed by atoms with Gasteiger partial charge in [0, 0.05) is 42.7 Å². The van der Waals surface area contributed by atoms with Crippen molar-refractivity contribution in [2.45, 2.75) is 32.6 Å². The molecule has 1 saturated heterocycles. The highest BCUT2D eigenvalue weighted by Crippen LogP contribution is 2.40. The van der Waals surface area contributed by atoms with Crippen LogP contribution in [0.4, 0.5) is 11.6 Å². The van der Waals surface area contributed by atoms with Crippen LogP contribution >= 0.6 is 0 Å². The molecule has 0 radical (unpaired) electrons. The van der Waals surface area contributed by atoms with Gasteiger partial charge in [-0.25, -0.2) is 15.0 Å². The summed E-state index contributed by atoms with van der Waals surface area (Å²) in [6.07, 6.45) is 4.13. The second-order valence-electron chi connectivity index (χ2n) is 9.48. The predicted molar refractivity (Wildman–Crippen MR) is 129 cm³/mol. The Labute approximate surface area is 192 Å². The van der Waals surface area contributed by atoms with Crippen LogP contribution in [0.2, 0.25) is 0 Å². The standard InChI is InChI=1S/C25H27N7O/c1-14-12-31(22-6-4-5-20(28-22)16-7-8-16)32(13-14)25(33)17-10-18-21(9-15(17)2)29-24(26)19-11-27-30(3)23(18)19/h4-6,9-11,14,16H,7-8,12-13H2,1-3H3,(H2,26,29). The third-order valence-corrected chi connectivity index (χ3v) is 6.79. The Morgan fingerprint density at radius 2 is 1.94 bits per heavy atom. The number of hydrazine groups is 1. The first kappa shape index (κ1) is 20.0. The molecule has 0 bridgehead atoms. The molecule has 1 unspecified atom stereocenters. The number of benzene rings is 1. The van der Waals surface area contributed by atoms with Crippen LogP contribution in [0.15, 0.2) is 36.5 Å². The zero-order valence-electron chi connectivity index (χ0n) is 19.1. The Hall–Kier alpha value is -3.68. The van der Waals surface area contributed by atoms with E-state index in [0.29, 0.717) is 29.8 Å². The highest BCUT2D eigenvalue weighted by atomic mass is 16.2. The maximum Gasteiger partial charge on any atom is 0.272 e. The Morgan fingerprint density at radius 1 is 1.12 bits per heavy atom. The number of pyridine rings is 2. The van der Waals surface area contributed by atoms with Gasteiger partial charge in [-0.1, -0.05) is 13.0 Å². The van der Waals surface area contributed by atoms with Crippen LogP contribution in [0.3, 0.4) is 0 Å². The quantitative estimate of drug-likeness (QED) is 0.520. The van der Waals surface area contributed by atoms with E-state index in [4.69, 9.17) is 10.7 Å². The van der Waals surface area contributed by atoms with Crippen LogP contribution in [0.5, 0.6) is 0 Å². The second-order valence-corrected chi connectivity index (χ2v) is 9.48. The summed E-state index contributed by atoms with van der Waals surface area (Å²) in [5, 5.41) is 9.92. The molecule has 1 aromatic carbocycles. The molecule has 8 nitrogen and oxygen atoms in total. The van der Waals surface area contributed by atoms with Crippen LogP contribution in [0, 0.1) is 12.8 Å². The lowest BCUT2D eigenvalue weighted by atomic mass is 10.0. The summed E-state index contributed by atoms with van der Waals surface area (Å²) in [4.78, 5) is 23.4. The van der Waals surface area contributed by atoms with Crippen LogP contribution in [0.25, 0.3) is 21.8 Å². The maximum absolute atomic E-state index is 13.9. The number of amides is 1. The summed E-state index contributed by atoms with van der Waals surface area (Å²) < 4.78 is 1.79. The van der Waals surface area contributed by atoms with Crippen molar-refractivity contribution >= 4 is 39.3 Å². The number of fused-ring (bicyclic) bond motifs is 3. The molecule has 1 atom stereocenters. The molecule has 3 aromatic heterocycles. The summed E-state index contributed by atoms with van der Waals surface area (Å²) in [6, 6.07) is 10.0.